The molecular formula is C23H16ClF2N3O2. The Morgan fingerprint density at radius 3 is 2.71 bits per heavy atom. The lowest BCUT2D eigenvalue weighted by atomic mass is 10.1. The van der Waals surface area contributed by atoms with Crippen LogP contribution in [0.25, 0.3) is 10.9 Å². The smallest absolute Gasteiger partial charge is 0.260 e. The first-order valence-electron chi connectivity index (χ1n) is 9.33. The fourth-order valence-corrected chi connectivity index (χ4v) is 3.58. The second kappa shape index (κ2) is 8.28. The van der Waals surface area contributed by atoms with E-state index in [9.17, 15) is 18.4 Å². The Bertz CT molecular complexity index is 1370. The molecule has 1 N–H and O–H groups in total. The van der Waals surface area contributed by atoms with E-state index in [1.165, 1.54) is 23.2 Å². The summed E-state index contributed by atoms with van der Waals surface area (Å²) in [6.45, 7) is 1.71. The Morgan fingerprint density at radius 1 is 1.16 bits per heavy atom. The maximum absolute atomic E-state index is 14.3. The standard InChI is InChI=1S/C23H16ClF2N3O2/c1-13-7-8-27-11-18(13)23(31)29(16-4-2-3-15(24)10-16)12-14-9-20(30)28-22-17(14)5-6-19(25)21(22)26/h2-11H,12H2,1H3,(H,28,30). The van der Waals surface area contributed by atoms with Crippen molar-refractivity contribution in [1.82, 2.24) is 9.97 Å². The van der Waals surface area contributed by atoms with E-state index in [4.69, 9.17) is 11.6 Å². The number of amides is 1. The van der Waals surface area contributed by atoms with Crippen LogP contribution in [0.4, 0.5) is 14.5 Å². The number of pyridine rings is 2. The number of H-pyrrole nitrogens is 1. The number of hydrogen-bond donors (Lipinski definition) is 1. The van der Waals surface area contributed by atoms with Crippen LogP contribution in [0.5, 0.6) is 0 Å². The predicted octanol–water partition coefficient (Wildman–Crippen LogP) is 5.01. The molecule has 0 aliphatic carbocycles. The molecule has 0 saturated carbocycles. The van der Waals surface area contributed by atoms with E-state index in [0.717, 1.165) is 11.6 Å². The van der Waals surface area contributed by atoms with Crippen molar-refractivity contribution < 1.29 is 13.6 Å². The zero-order valence-corrected chi connectivity index (χ0v) is 17.1. The van der Waals surface area contributed by atoms with E-state index in [0.29, 0.717) is 27.2 Å². The molecule has 0 fully saturated rings. The normalized spacial score (nSPS) is 11.0. The van der Waals surface area contributed by atoms with Gasteiger partial charge in [-0.2, -0.15) is 0 Å². The van der Waals surface area contributed by atoms with Crippen LogP contribution in [0, 0.1) is 18.6 Å². The molecule has 0 atom stereocenters. The number of anilines is 1. The second-order valence-electron chi connectivity index (χ2n) is 7.00. The fourth-order valence-electron chi connectivity index (χ4n) is 3.39. The van der Waals surface area contributed by atoms with Crippen LogP contribution in [0.3, 0.4) is 0 Å². The lowest BCUT2D eigenvalue weighted by Gasteiger charge is -2.24. The first-order valence-corrected chi connectivity index (χ1v) is 9.71. The van der Waals surface area contributed by atoms with Gasteiger partial charge in [0.05, 0.1) is 17.6 Å². The highest BCUT2D eigenvalue weighted by molar-refractivity contribution is 6.31. The van der Waals surface area contributed by atoms with Crippen LogP contribution in [-0.4, -0.2) is 15.9 Å². The van der Waals surface area contributed by atoms with Gasteiger partial charge < -0.3 is 9.88 Å². The van der Waals surface area contributed by atoms with Crippen molar-refractivity contribution in [2.45, 2.75) is 13.5 Å². The molecule has 0 aliphatic rings. The monoisotopic (exact) mass is 439 g/mol. The van der Waals surface area contributed by atoms with Crippen molar-refractivity contribution >= 4 is 34.1 Å². The number of rotatable bonds is 4. The van der Waals surface area contributed by atoms with Gasteiger partial charge in [-0.25, -0.2) is 8.78 Å². The number of nitrogens with one attached hydrogen (secondary N) is 1. The van der Waals surface area contributed by atoms with Crippen LogP contribution in [0.2, 0.25) is 5.02 Å². The van der Waals surface area contributed by atoms with E-state index < -0.39 is 17.2 Å². The van der Waals surface area contributed by atoms with Crippen molar-refractivity contribution in [2.75, 3.05) is 4.90 Å². The van der Waals surface area contributed by atoms with Crippen molar-refractivity contribution in [3.05, 3.63) is 105 Å². The molecule has 4 rings (SSSR count). The molecule has 1 amide bonds. The number of halogens is 3. The summed E-state index contributed by atoms with van der Waals surface area (Å²) in [5.74, 6) is -2.60. The Kier molecular flexibility index (Phi) is 5.52. The number of aromatic nitrogens is 2. The molecule has 0 unspecified atom stereocenters. The van der Waals surface area contributed by atoms with Gasteiger partial charge in [-0.05, 0) is 54.4 Å². The van der Waals surface area contributed by atoms with Crippen molar-refractivity contribution in [3.63, 3.8) is 0 Å². The zero-order valence-electron chi connectivity index (χ0n) is 16.3. The van der Waals surface area contributed by atoms with Gasteiger partial charge in [-0.1, -0.05) is 17.7 Å². The summed E-state index contributed by atoms with van der Waals surface area (Å²) in [6, 6.07) is 12.0. The van der Waals surface area contributed by atoms with E-state index in [2.05, 4.69) is 9.97 Å². The lowest BCUT2D eigenvalue weighted by molar-refractivity contribution is 0.0984. The van der Waals surface area contributed by atoms with Crippen LogP contribution in [-0.2, 0) is 6.54 Å². The third kappa shape index (κ3) is 4.04. The molecule has 0 radical (unpaired) electrons. The molecule has 2 aromatic carbocycles. The molecule has 2 aromatic heterocycles. The number of benzene rings is 2. The minimum absolute atomic E-state index is 0.0704. The van der Waals surface area contributed by atoms with Crippen LogP contribution >= 0.6 is 11.6 Å². The zero-order chi connectivity index (χ0) is 22.1. The van der Waals surface area contributed by atoms with Gasteiger partial charge in [0.1, 0.15) is 0 Å². The Labute approximate surface area is 180 Å². The number of aryl methyl sites for hydroxylation is 1. The first-order chi connectivity index (χ1) is 14.8. The topological polar surface area (TPSA) is 66.1 Å². The minimum Gasteiger partial charge on any atom is -0.319 e. The molecule has 0 saturated heterocycles. The minimum atomic E-state index is -1.15. The number of hydrogen-bond acceptors (Lipinski definition) is 3. The fraction of sp³-hybridized carbons (Fsp3) is 0.0870. The molecule has 8 heteroatoms. The number of carbonyl (C=O) groups is 1. The summed E-state index contributed by atoms with van der Waals surface area (Å²) >= 11 is 6.14. The van der Waals surface area contributed by atoms with Gasteiger partial charge in [0.25, 0.3) is 5.91 Å². The van der Waals surface area contributed by atoms with E-state index in [1.54, 1.807) is 43.5 Å². The molecule has 4 aromatic rings. The first kappa shape index (κ1) is 20.7. The van der Waals surface area contributed by atoms with Gasteiger partial charge in [0.2, 0.25) is 5.56 Å². The molecule has 156 valence electrons. The van der Waals surface area contributed by atoms with E-state index in [1.807, 2.05) is 0 Å². The summed E-state index contributed by atoms with van der Waals surface area (Å²) in [6.07, 6.45) is 3.04. The average Bonchev–Trinajstić information content (AvgIpc) is 2.74. The number of aromatic amines is 1. The van der Waals surface area contributed by atoms with Gasteiger partial charge in [-0.15, -0.1) is 0 Å². The largest absolute Gasteiger partial charge is 0.319 e. The van der Waals surface area contributed by atoms with Gasteiger partial charge >= 0.3 is 0 Å². The maximum atomic E-state index is 14.3. The summed E-state index contributed by atoms with van der Waals surface area (Å²) in [7, 11) is 0. The molecule has 2 heterocycles. The van der Waals surface area contributed by atoms with Gasteiger partial charge in [0.15, 0.2) is 11.6 Å². The second-order valence-corrected chi connectivity index (χ2v) is 7.44. The number of carbonyl (C=O) groups excluding carboxylic acids is 1. The summed E-state index contributed by atoms with van der Waals surface area (Å²) in [4.78, 5) is 33.4. The maximum Gasteiger partial charge on any atom is 0.260 e. The van der Waals surface area contributed by atoms with Gasteiger partial charge in [0, 0.05) is 34.6 Å². The SMILES string of the molecule is Cc1ccncc1C(=O)N(Cc1cc(=O)[nH]c2c(F)c(F)ccc12)c1cccc(Cl)c1. The van der Waals surface area contributed by atoms with Crippen molar-refractivity contribution in [3.8, 4) is 0 Å². The van der Waals surface area contributed by atoms with Crippen LogP contribution in [0.1, 0.15) is 21.5 Å². The lowest BCUT2D eigenvalue weighted by Crippen LogP contribution is -2.31. The molecule has 31 heavy (non-hydrogen) atoms. The van der Waals surface area contributed by atoms with E-state index >= 15 is 0 Å². The predicted molar refractivity (Wildman–Crippen MR) is 115 cm³/mol. The molecule has 0 spiro atoms. The Balaban J connectivity index is 1.88. The molecule has 5 nitrogen and oxygen atoms in total. The van der Waals surface area contributed by atoms with Crippen LogP contribution in [0.15, 0.2) is 65.7 Å². The van der Waals surface area contributed by atoms with Gasteiger partial charge in [-0.3, -0.25) is 14.6 Å². The molecular weight excluding hydrogens is 424 g/mol. The number of nitrogens with zero attached hydrogens (tertiary/aromatic N) is 2. The summed E-state index contributed by atoms with van der Waals surface area (Å²) < 4.78 is 28.0. The van der Waals surface area contributed by atoms with Crippen molar-refractivity contribution in [2.24, 2.45) is 0 Å². The van der Waals surface area contributed by atoms with E-state index in [-0.39, 0.29) is 18.0 Å². The quantitative estimate of drug-likeness (QED) is 0.486. The Hall–Kier alpha value is -3.58. The third-order valence-corrected chi connectivity index (χ3v) is 5.19. The highest BCUT2D eigenvalue weighted by Gasteiger charge is 2.22. The Morgan fingerprint density at radius 2 is 1.97 bits per heavy atom. The molecule has 0 aliphatic heterocycles. The van der Waals surface area contributed by atoms with Crippen LogP contribution < -0.4 is 10.5 Å². The summed E-state index contributed by atoms with van der Waals surface area (Å²) in [5, 5.41) is 0.711. The average molecular weight is 440 g/mol. The third-order valence-electron chi connectivity index (χ3n) is 4.96. The highest BCUT2D eigenvalue weighted by Crippen LogP contribution is 2.27. The summed E-state index contributed by atoms with van der Waals surface area (Å²) in [5.41, 5.74) is 1.07. The molecule has 0 bridgehead atoms. The van der Waals surface area contributed by atoms with Crippen molar-refractivity contribution in [1.29, 1.82) is 0 Å². The number of fused-ring (bicyclic) bond motifs is 1. The highest BCUT2D eigenvalue weighted by atomic mass is 35.5.